The smallest absolute Gasteiger partial charge is 0.367 e. The summed E-state index contributed by atoms with van der Waals surface area (Å²) < 4.78 is 43.4. The van der Waals surface area contributed by atoms with Crippen molar-refractivity contribution in [3.63, 3.8) is 0 Å². The van der Waals surface area contributed by atoms with E-state index in [0.717, 1.165) is 86.5 Å². The SMILES string of the molecule is C=CSN1CCC(CCn2c(C#N)cc3c(C)c(CN4CCC(Nc5ncnc6sc(CC(F)(F)F)cc56)CC4)ccc32)CC1. The molecular weight excluding hydrogens is 616 g/mol. The summed E-state index contributed by atoms with van der Waals surface area (Å²) in [5, 5.41) is 17.1. The van der Waals surface area contributed by atoms with Gasteiger partial charge in [0.2, 0.25) is 0 Å². The summed E-state index contributed by atoms with van der Waals surface area (Å²) in [6.07, 6.45) is 1.48. The third-order valence-electron chi connectivity index (χ3n) is 9.22. The van der Waals surface area contributed by atoms with Crippen molar-refractivity contribution in [1.82, 2.24) is 23.7 Å². The molecule has 6 rings (SSSR count). The first-order valence-corrected chi connectivity index (χ1v) is 17.2. The predicted octanol–water partition coefficient (Wildman–Crippen LogP) is 7.90. The molecule has 0 atom stereocenters. The van der Waals surface area contributed by atoms with Gasteiger partial charge in [0.25, 0.3) is 0 Å². The number of likely N-dealkylation sites (tertiary alicyclic amines) is 1. The number of benzene rings is 1. The van der Waals surface area contributed by atoms with Crippen LogP contribution in [0.3, 0.4) is 0 Å². The van der Waals surface area contributed by atoms with Crippen LogP contribution in [0.5, 0.6) is 0 Å². The maximum Gasteiger partial charge on any atom is 0.393 e. The van der Waals surface area contributed by atoms with E-state index >= 15 is 0 Å². The summed E-state index contributed by atoms with van der Waals surface area (Å²) in [5.74, 6) is 1.28. The van der Waals surface area contributed by atoms with Gasteiger partial charge in [0.15, 0.2) is 0 Å². The number of fused-ring (bicyclic) bond motifs is 2. The van der Waals surface area contributed by atoms with Crippen LogP contribution in [0.2, 0.25) is 0 Å². The molecule has 0 bridgehead atoms. The largest absolute Gasteiger partial charge is 0.393 e. The molecule has 2 saturated heterocycles. The van der Waals surface area contributed by atoms with Crippen molar-refractivity contribution >= 4 is 50.2 Å². The number of alkyl halides is 3. The summed E-state index contributed by atoms with van der Waals surface area (Å²) >= 11 is 2.78. The topological polar surface area (TPSA) is 73.0 Å². The average Bonchev–Trinajstić information content (AvgIpc) is 3.59. The number of nitriles is 1. The molecule has 2 fully saturated rings. The maximum absolute atomic E-state index is 12.9. The van der Waals surface area contributed by atoms with Crippen LogP contribution in [-0.2, 0) is 19.5 Å². The number of piperidine rings is 2. The molecule has 0 unspecified atom stereocenters. The Labute approximate surface area is 270 Å². The molecule has 0 aliphatic carbocycles. The molecule has 0 spiro atoms. The number of nitrogens with zero attached hydrogens (tertiary/aromatic N) is 6. The van der Waals surface area contributed by atoms with Crippen molar-refractivity contribution in [3.8, 4) is 6.07 Å². The minimum absolute atomic E-state index is 0.189. The van der Waals surface area contributed by atoms with E-state index in [-0.39, 0.29) is 10.9 Å². The zero-order valence-electron chi connectivity index (χ0n) is 25.4. The van der Waals surface area contributed by atoms with Gasteiger partial charge in [0.1, 0.15) is 28.7 Å². The van der Waals surface area contributed by atoms with Gasteiger partial charge in [-0.15, -0.1) is 11.3 Å². The number of hydrogen-bond acceptors (Lipinski definition) is 8. The lowest BCUT2D eigenvalue weighted by Crippen LogP contribution is -2.39. The summed E-state index contributed by atoms with van der Waals surface area (Å²) in [7, 11) is 0. The third kappa shape index (κ3) is 7.49. The first-order valence-electron chi connectivity index (χ1n) is 15.5. The second kappa shape index (κ2) is 13.7. The number of rotatable bonds is 10. The predicted molar refractivity (Wildman–Crippen MR) is 177 cm³/mol. The second-order valence-electron chi connectivity index (χ2n) is 12.1. The minimum atomic E-state index is -4.25. The number of nitrogens with one attached hydrogen (secondary N) is 1. The highest BCUT2D eigenvalue weighted by Crippen LogP contribution is 2.34. The highest BCUT2D eigenvalue weighted by atomic mass is 32.2. The zero-order chi connectivity index (χ0) is 31.6. The van der Waals surface area contributed by atoms with E-state index in [4.69, 9.17) is 0 Å². The molecule has 0 amide bonds. The molecule has 238 valence electrons. The molecule has 1 N–H and O–H groups in total. The molecule has 0 saturated carbocycles. The molecule has 45 heavy (non-hydrogen) atoms. The third-order valence-corrected chi connectivity index (χ3v) is 11.1. The van der Waals surface area contributed by atoms with Crippen LogP contribution in [-0.4, -0.2) is 62.1 Å². The molecule has 3 aromatic heterocycles. The van der Waals surface area contributed by atoms with Crippen molar-refractivity contribution in [2.24, 2.45) is 5.92 Å². The van der Waals surface area contributed by atoms with Crippen molar-refractivity contribution in [1.29, 1.82) is 5.26 Å². The maximum atomic E-state index is 12.9. The lowest BCUT2D eigenvalue weighted by Gasteiger charge is -2.33. The van der Waals surface area contributed by atoms with Crippen molar-refractivity contribution in [2.75, 3.05) is 31.5 Å². The van der Waals surface area contributed by atoms with E-state index in [9.17, 15) is 18.4 Å². The molecule has 12 heteroatoms. The van der Waals surface area contributed by atoms with Gasteiger partial charge in [-0.1, -0.05) is 24.6 Å². The van der Waals surface area contributed by atoms with Crippen molar-refractivity contribution in [2.45, 2.75) is 70.8 Å². The lowest BCUT2D eigenvalue weighted by atomic mass is 9.94. The van der Waals surface area contributed by atoms with Crippen LogP contribution in [0.25, 0.3) is 21.1 Å². The molecule has 2 aliphatic rings. The fourth-order valence-electron chi connectivity index (χ4n) is 6.72. The van der Waals surface area contributed by atoms with Gasteiger partial charge in [-0.05, 0) is 79.7 Å². The lowest BCUT2D eigenvalue weighted by molar-refractivity contribution is -0.126. The van der Waals surface area contributed by atoms with Gasteiger partial charge in [0.05, 0.1) is 11.8 Å². The summed E-state index contributed by atoms with van der Waals surface area (Å²) in [4.78, 5) is 11.8. The molecule has 1 aromatic carbocycles. The first-order chi connectivity index (χ1) is 21.7. The zero-order valence-corrected chi connectivity index (χ0v) is 27.1. The van der Waals surface area contributed by atoms with E-state index in [1.54, 1.807) is 18.0 Å². The average molecular weight is 654 g/mol. The molecule has 7 nitrogen and oxygen atoms in total. The van der Waals surface area contributed by atoms with Gasteiger partial charge in [-0.3, -0.25) is 4.90 Å². The minimum Gasteiger partial charge on any atom is -0.367 e. The Morgan fingerprint density at radius 1 is 1.11 bits per heavy atom. The van der Waals surface area contributed by atoms with Crippen molar-refractivity contribution in [3.05, 3.63) is 64.3 Å². The molecule has 5 heterocycles. The van der Waals surface area contributed by atoms with E-state index < -0.39 is 12.6 Å². The van der Waals surface area contributed by atoms with Crippen molar-refractivity contribution < 1.29 is 13.2 Å². The number of aryl methyl sites for hydroxylation is 2. The fourth-order valence-corrected chi connectivity index (χ4v) is 8.38. The molecule has 2 aliphatic heterocycles. The Kier molecular flexibility index (Phi) is 9.71. The Bertz CT molecular complexity index is 1690. The second-order valence-corrected chi connectivity index (χ2v) is 14.3. The van der Waals surface area contributed by atoms with Crippen LogP contribution in [0.4, 0.5) is 19.0 Å². The standard InChI is InChI=1S/C33H38F3N7S2/c1-3-44-42-13-6-23(7-14-42)8-15-43-26(19-37)16-28-22(2)24(4-5-30(28)43)20-41-11-9-25(10-12-41)40-31-29-17-27(18-33(34,35)36)45-32(29)39-21-38-31/h3-5,16-17,21,23,25H,1,6-15,18,20H2,2H3,(H,38,39,40). The van der Waals surface area contributed by atoms with E-state index in [2.05, 4.69) is 66.8 Å². The van der Waals surface area contributed by atoms with Crippen LogP contribution in [0.1, 0.15) is 53.8 Å². The number of thiophene rings is 1. The number of hydrogen-bond donors (Lipinski definition) is 1. The monoisotopic (exact) mass is 653 g/mol. The van der Waals surface area contributed by atoms with Gasteiger partial charge in [-0.2, -0.15) is 18.4 Å². The fraction of sp³-hybridized carbons (Fsp3) is 0.485. The van der Waals surface area contributed by atoms with Gasteiger partial charge in [-0.25, -0.2) is 14.3 Å². The van der Waals surface area contributed by atoms with E-state index in [1.807, 2.05) is 5.41 Å². The van der Waals surface area contributed by atoms with Gasteiger partial charge >= 0.3 is 6.18 Å². The Balaban J connectivity index is 1.06. The van der Waals surface area contributed by atoms with Crippen LogP contribution >= 0.6 is 23.3 Å². The highest BCUT2D eigenvalue weighted by molar-refractivity contribution is 7.99. The summed E-state index contributed by atoms with van der Waals surface area (Å²) in [6, 6.07) is 10.7. The van der Waals surface area contributed by atoms with E-state index in [1.165, 1.54) is 30.3 Å². The number of aromatic nitrogens is 3. The Morgan fingerprint density at radius 3 is 2.60 bits per heavy atom. The highest BCUT2D eigenvalue weighted by Gasteiger charge is 2.29. The quantitative estimate of drug-likeness (QED) is 0.175. The van der Waals surface area contributed by atoms with Crippen LogP contribution < -0.4 is 5.32 Å². The molecule has 0 radical (unpaired) electrons. The first kappa shape index (κ1) is 31.9. The molecular formula is C33H38F3N7S2. The normalized spacial score (nSPS) is 17.7. The van der Waals surface area contributed by atoms with Gasteiger partial charge < -0.3 is 9.88 Å². The van der Waals surface area contributed by atoms with E-state index in [0.29, 0.717) is 22.0 Å². The summed E-state index contributed by atoms with van der Waals surface area (Å²) in [6.45, 7) is 11.7. The Hall–Kier alpha value is -3.11. The summed E-state index contributed by atoms with van der Waals surface area (Å²) in [5.41, 5.74) is 4.37. The number of halogens is 3. The van der Waals surface area contributed by atoms with Gasteiger partial charge in [0, 0.05) is 61.1 Å². The van der Waals surface area contributed by atoms with Crippen LogP contribution in [0.15, 0.2) is 42.6 Å². The molecule has 4 aromatic rings. The number of anilines is 1. The Morgan fingerprint density at radius 2 is 1.89 bits per heavy atom. The van der Waals surface area contributed by atoms with Crippen LogP contribution in [0, 0.1) is 24.2 Å².